The van der Waals surface area contributed by atoms with Gasteiger partial charge >= 0.3 is 0 Å². The van der Waals surface area contributed by atoms with Crippen LogP contribution in [0.5, 0.6) is 0 Å². The van der Waals surface area contributed by atoms with Crippen LogP contribution >= 0.6 is 0 Å². The highest BCUT2D eigenvalue weighted by Crippen LogP contribution is 2.20. The molecule has 8 heteroatoms. The molecule has 1 aromatic rings. The third-order valence-corrected chi connectivity index (χ3v) is 4.49. The molecule has 1 aromatic carbocycles. The standard InChI is InChI=1S/C11H17N3O4S/c1-12-7-4-8-13(2)19(17,18)11-6-3-5-10(9-11)14(15)16/h3,5-6,9,12H,4,7-8H2,1-2H3. The van der Waals surface area contributed by atoms with Gasteiger partial charge in [0.25, 0.3) is 5.69 Å². The zero-order valence-electron chi connectivity index (χ0n) is 10.9. The lowest BCUT2D eigenvalue weighted by molar-refractivity contribution is -0.385. The molecular weight excluding hydrogens is 270 g/mol. The van der Waals surface area contributed by atoms with Crippen LogP contribution in [0.4, 0.5) is 5.69 Å². The summed E-state index contributed by atoms with van der Waals surface area (Å²) >= 11 is 0. The highest BCUT2D eigenvalue weighted by Gasteiger charge is 2.22. The minimum absolute atomic E-state index is 0.0614. The summed E-state index contributed by atoms with van der Waals surface area (Å²) in [5, 5.41) is 13.6. The molecule has 19 heavy (non-hydrogen) atoms. The van der Waals surface area contributed by atoms with E-state index in [1.165, 1.54) is 29.6 Å². The normalized spacial score (nSPS) is 11.7. The summed E-state index contributed by atoms with van der Waals surface area (Å²) in [5.41, 5.74) is -0.232. The molecule has 0 aliphatic carbocycles. The summed E-state index contributed by atoms with van der Waals surface area (Å²) < 4.78 is 25.6. The first kappa shape index (κ1) is 15.5. The first-order valence-electron chi connectivity index (χ1n) is 5.75. The van der Waals surface area contributed by atoms with Crippen molar-refractivity contribution in [2.75, 3.05) is 27.2 Å². The smallest absolute Gasteiger partial charge is 0.270 e. The summed E-state index contributed by atoms with van der Waals surface area (Å²) in [6, 6.07) is 5.06. The average Bonchev–Trinajstić information content (AvgIpc) is 2.39. The fourth-order valence-corrected chi connectivity index (χ4v) is 2.79. The highest BCUT2D eigenvalue weighted by atomic mass is 32.2. The van der Waals surface area contributed by atoms with Gasteiger partial charge in [0.05, 0.1) is 9.82 Å². The highest BCUT2D eigenvalue weighted by molar-refractivity contribution is 7.89. The Morgan fingerprint density at radius 2 is 2.11 bits per heavy atom. The minimum atomic E-state index is -3.67. The monoisotopic (exact) mass is 287 g/mol. The number of nitro groups is 1. The van der Waals surface area contributed by atoms with E-state index in [1.54, 1.807) is 7.05 Å². The molecule has 0 atom stereocenters. The van der Waals surface area contributed by atoms with Crippen molar-refractivity contribution in [2.24, 2.45) is 0 Å². The van der Waals surface area contributed by atoms with E-state index in [0.29, 0.717) is 19.5 Å². The van der Waals surface area contributed by atoms with Crippen LogP contribution in [0.2, 0.25) is 0 Å². The van der Waals surface area contributed by atoms with Crippen LogP contribution in [-0.2, 0) is 10.0 Å². The van der Waals surface area contributed by atoms with Crippen molar-refractivity contribution >= 4 is 15.7 Å². The maximum Gasteiger partial charge on any atom is 0.270 e. The molecule has 1 rings (SSSR count). The Morgan fingerprint density at radius 3 is 2.68 bits per heavy atom. The fourth-order valence-electron chi connectivity index (χ4n) is 1.54. The van der Waals surface area contributed by atoms with Crippen molar-refractivity contribution in [3.05, 3.63) is 34.4 Å². The summed E-state index contributed by atoms with van der Waals surface area (Å²) in [6.07, 6.45) is 0.668. The number of hydrogen-bond acceptors (Lipinski definition) is 5. The Morgan fingerprint density at radius 1 is 1.42 bits per heavy atom. The molecule has 0 saturated carbocycles. The van der Waals surface area contributed by atoms with Gasteiger partial charge in [-0.25, -0.2) is 12.7 Å². The molecule has 106 valence electrons. The maximum atomic E-state index is 12.2. The third-order valence-electron chi connectivity index (χ3n) is 2.64. The van der Waals surface area contributed by atoms with Gasteiger partial charge in [-0.2, -0.15) is 0 Å². The Hall–Kier alpha value is -1.51. The largest absolute Gasteiger partial charge is 0.320 e. The quantitative estimate of drug-likeness (QED) is 0.455. The molecule has 0 amide bonds. The molecule has 0 aliphatic heterocycles. The second-order valence-electron chi connectivity index (χ2n) is 4.04. The number of sulfonamides is 1. The predicted octanol–water partition coefficient (Wildman–Crippen LogP) is 0.825. The van der Waals surface area contributed by atoms with Crippen LogP contribution in [-0.4, -0.2) is 44.8 Å². The molecule has 7 nitrogen and oxygen atoms in total. The van der Waals surface area contributed by atoms with Gasteiger partial charge in [0, 0.05) is 25.7 Å². The molecule has 0 fully saturated rings. The second kappa shape index (κ2) is 6.60. The molecule has 0 bridgehead atoms. The van der Waals surface area contributed by atoms with Gasteiger partial charge in [-0.05, 0) is 26.1 Å². The number of nitro benzene ring substituents is 1. The summed E-state index contributed by atoms with van der Waals surface area (Å²) in [6.45, 7) is 1.06. The molecule has 0 heterocycles. The number of nitrogens with zero attached hydrogens (tertiary/aromatic N) is 2. The van der Waals surface area contributed by atoms with Crippen LogP contribution in [0, 0.1) is 10.1 Å². The van der Waals surface area contributed by atoms with E-state index in [9.17, 15) is 18.5 Å². The fraction of sp³-hybridized carbons (Fsp3) is 0.455. The first-order chi connectivity index (χ1) is 8.89. The molecule has 0 spiro atoms. The van der Waals surface area contributed by atoms with Gasteiger partial charge in [-0.3, -0.25) is 10.1 Å². The molecule has 0 saturated heterocycles. The van der Waals surface area contributed by atoms with E-state index in [-0.39, 0.29) is 10.6 Å². The van der Waals surface area contributed by atoms with Crippen LogP contribution in [0.1, 0.15) is 6.42 Å². The van der Waals surface area contributed by atoms with Gasteiger partial charge in [0.2, 0.25) is 10.0 Å². The van der Waals surface area contributed by atoms with Crippen molar-refractivity contribution in [1.82, 2.24) is 9.62 Å². The van der Waals surface area contributed by atoms with Gasteiger partial charge < -0.3 is 5.32 Å². The average molecular weight is 287 g/mol. The number of benzene rings is 1. The van der Waals surface area contributed by atoms with Crippen molar-refractivity contribution in [3.8, 4) is 0 Å². The van der Waals surface area contributed by atoms with E-state index < -0.39 is 14.9 Å². The van der Waals surface area contributed by atoms with Crippen molar-refractivity contribution in [3.63, 3.8) is 0 Å². The number of non-ortho nitro benzene ring substituents is 1. The Labute approximate surface area is 112 Å². The Kier molecular flexibility index (Phi) is 5.40. The van der Waals surface area contributed by atoms with Gasteiger partial charge in [0.15, 0.2) is 0 Å². The van der Waals surface area contributed by atoms with Crippen molar-refractivity contribution in [2.45, 2.75) is 11.3 Å². The van der Waals surface area contributed by atoms with Crippen LogP contribution in [0.15, 0.2) is 29.2 Å². The minimum Gasteiger partial charge on any atom is -0.320 e. The first-order valence-corrected chi connectivity index (χ1v) is 7.19. The van der Waals surface area contributed by atoms with Gasteiger partial charge in [0.1, 0.15) is 0 Å². The molecule has 0 radical (unpaired) electrons. The van der Waals surface area contributed by atoms with Crippen molar-refractivity contribution < 1.29 is 13.3 Å². The van der Waals surface area contributed by atoms with E-state index in [2.05, 4.69) is 5.32 Å². The Bertz CT molecular complexity index is 545. The van der Waals surface area contributed by atoms with Crippen LogP contribution < -0.4 is 5.32 Å². The zero-order chi connectivity index (χ0) is 14.5. The lowest BCUT2D eigenvalue weighted by atomic mass is 10.3. The summed E-state index contributed by atoms with van der Waals surface area (Å²) in [4.78, 5) is 9.98. The SMILES string of the molecule is CNCCCN(C)S(=O)(=O)c1cccc([N+](=O)[O-])c1. The number of nitrogens with one attached hydrogen (secondary N) is 1. The lowest BCUT2D eigenvalue weighted by Crippen LogP contribution is -2.29. The van der Waals surface area contributed by atoms with E-state index in [1.807, 2.05) is 0 Å². The molecule has 0 aliphatic rings. The van der Waals surface area contributed by atoms with Crippen molar-refractivity contribution in [1.29, 1.82) is 0 Å². The second-order valence-corrected chi connectivity index (χ2v) is 6.08. The topological polar surface area (TPSA) is 92.6 Å². The van der Waals surface area contributed by atoms with Crippen LogP contribution in [0.3, 0.4) is 0 Å². The molecule has 0 unspecified atom stereocenters. The Balaban J connectivity index is 2.93. The summed E-state index contributed by atoms with van der Waals surface area (Å²) in [7, 11) is -0.425. The predicted molar refractivity (Wildman–Crippen MR) is 71.5 cm³/mol. The van der Waals surface area contributed by atoms with Gasteiger partial charge in [-0.15, -0.1) is 0 Å². The number of hydrogen-bond donors (Lipinski definition) is 1. The molecule has 0 aromatic heterocycles. The van der Waals surface area contributed by atoms with E-state index in [4.69, 9.17) is 0 Å². The summed E-state index contributed by atoms with van der Waals surface area (Å²) in [5.74, 6) is 0. The van der Waals surface area contributed by atoms with Gasteiger partial charge in [-0.1, -0.05) is 6.07 Å². The van der Waals surface area contributed by atoms with Crippen LogP contribution in [0.25, 0.3) is 0 Å². The third kappa shape index (κ3) is 3.98. The maximum absolute atomic E-state index is 12.2. The van der Waals surface area contributed by atoms with E-state index >= 15 is 0 Å². The van der Waals surface area contributed by atoms with E-state index in [0.717, 1.165) is 6.07 Å². The molecular formula is C11H17N3O4S. The number of rotatable bonds is 7. The molecule has 1 N–H and O–H groups in total. The zero-order valence-corrected chi connectivity index (χ0v) is 11.7. The lowest BCUT2D eigenvalue weighted by Gasteiger charge is -2.16.